The lowest BCUT2D eigenvalue weighted by atomic mass is 9.98. The number of ether oxygens (including phenoxy) is 4. The van der Waals surface area contributed by atoms with Gasteiger partial charge in [-0.15, -0.1) is 0 Å². The maximum Gasteiger partial charge on any atom is 0.261 e. The van der Waals surface area contributed by atoms with E-state index >= 15 is 0 Å². The first-order valence-electron chi connectivity index (χ1n) is 29.2. The van der Waals surface area contributed by atoms with Crippen LogP contribution in [0.4, 0.5) is 5.69 Å². The third kappa shape index (κ3) is 32.5. The molecule has 8 atom stereocenters. The Morgan fingerprint density at radius 1 is 0.557 bits per heavy atom. The third-order valence-corrected chi connectivity index (χ3v) is 14.6. The number of hydrogen-bond acceptors (Lipinski definition) is 11. The van der Waals surface area contributed by atoms with E-state index in [-0.39, 0.29) is 18.4 Å². The van der Waals surface area contributed by atoms with Gasteiger partial charge in [-0.3, -0.25) is 0 Å². The Bertz CT molecular complexity index is 1310. The van der Waals surface area contributed by atoms with Crippen molar-refractivity contribution in [1.82, 2.24) is 5.32 Å². The van der Waals surface area contributed by atoms with Crippen molar-refractivity contribution in [3.63, 3.8) is 0 Å². The summed E-state index contributed by atoms with van der Waals surface area (Å²) in [5, 5.41) is 61.4. The molecule has 7 N–H and O–H groups in total. The van der Waals surface area contributed by atoms with Crippen molar-refractivity contribution >= 4 is 23.1 Å². The summed E-state index contributed by atoms with van der Waals surface area (Å²) in [6.45, 7) is 4.88. The quantitative estimate of drug-likeness (QED) is 0.0245. The predicted octanol–water partition coefficient (Wildman–Crippen LogP) is 13.4. The van der Waals surface area contributed by atoms with E-state index in [4.69, 9.17) is 31.2 Å². The van der Waals surface area contributed by atoms with Crippen LogP contribution >= 0.6 is 12.2 Å². The van der Waals surface area contributed by atoms with Crippen LogP contribution in [0.1, 0.15) is 251 Å². The number of thiocarbonyl (C=S) groups is 1. The second-order valence-electron chi connectivity index (χ2n) is 20.7. The molecule has 1 aliphatic heterocycles. The maximum absolute atomic E-state index is 11.4. The van der Waals surface area contributed by atoms with Crippen LogP contribution < -0.4 is 15.4 Å². The molecule has 0 amide bonds. The van der Waals surface area contributed by atoms with E-state index in [0.29, 0.717) is 24.4 Å². The number of methoxy groups -OCH3 is 1. The van der Waals surface area contributed by atoms with Crippen LogP contribution in [0, 0.1) is 0 Å². The highest BCUT2D eigenvalue weighted by molar-refractivity contribution is 7.80. The molecule has 12 heteroatoms. The molecular weight excluding hydrogens is 901 g/mol. The summed E-state index contributed by atoms with van der Waals surface area (Å²) in [6.07, 6.45) is 38.4. The van der Waals surface area contributed by atoms with Crippen LogP contribution in [-0.2, 0) is 14.2 Å². The number of unbranched alkanes of at least 4 members (excludes halogenated alkanes) is 34. The molecule has 0 radical (unpaired) electrons. The van der Waals surface area contributed by atoms with Crippen LogP contribution in [0.25, 0.3) is 0 Å². The number of rotatable bonds is 48. The molecule has 1 saturated heterocycles. The monoisotopic (exact) mass is 1010 g/mol. The maximum atomic E-state index is 11.4. The van der Waals surface area contributed by atoms with E-state index in [2.05, 4.69) is 24.5 Å². The molecule has 1 aliphatic rings. The van der Waals surface area contributed by atoms with E-state index < -0.39 is 49.0 Å². The van der Waals surface area contributed by atoms with Gasteiger partial charge in [0.1, 0.15) is 36.8 Å². The summed E-state index contributed by atoms with van der Waals surface area (Å²) in [5.74, 6) is 0.695. The van der Waals surface area contributed by atoms with Crippen molar-refractivity contribution in [3.05, 3.63) is 24.3 Å². The second kappa shape index (κ2) is 44.8. The van der Waals surface area contributed by atoms with Crippen molar-refractivity contribution in [1.29, 1.82) is 0 Å². The number of aliphatic hydroxyl groups is 5. The van der Waals surface area contributed by atoms with E-state index in [1.165, 1.54) is 193 Å². The zero-order valence-electron chi connectivity index (χ0n) is 45.0. The summed E-state index contributed by atoms with van der Waals surface area (Å²) in [4.78, 5) is 0. The minimum atomic E-state index is -1.57. The summed E-state index contributed by atoms with van der Waals surface area (Å²) < 4.78 is 22.8. The lowest BCUT2D eigenvalue weighted by Crippen LogP contribution is -2.60. The highest BCUT2D eigenvalue weighted by atomic mass is 32.1. The average Bonchev–Trinajstić information content (AvgIpc) is 3.36. The minimum absolute atomic E-state index is 0.0364. The fourth-order valence-electron chi connectivity index (χ4n) is 9.66. The fourth-order valence-corrected chi connectivity index (χ4v) is 9.85. The van der Waals surface area contributed by atoms with Crippen molar-refractivity contribution in [2.75, 3.05) is 32.2 Å². The van der Waals surface area contributed by atoms with Gasteiger partial charge in [-0.1, -0.05) is 239 Å². The molecule has 0 aliphatic carbocycles. The van der Waals surface area contributed by atoms with Crippen LogP contribution in [0.2, 0.25) is 0 Å². The van der Waals surface area contributed by atoms with Crippen LogP contribution in [-0.4, -0.2) is 107 Å². The Kier molecular flexibility index (Phi) is 41.3. The summed E-state index contributed by atoms with van der Waals surface area (Å²) in [7, 11) is 1.59. The SMILES string of the molecule is CCCCCCCCCCCCCCCCCCCCCCCCCCN[C@@H](CO[C@H]1O[C@H](COC(=S)Nc2ccc(OC)cc2)[C@H](O)[C@H](O)[C@H]1O)[C@H](O)[C@H](O)CCCCCCCCCCCCCC. The van der Waals surface area contributed by atoms with Crippen molar-refractivity contribution in [3.8, 4) is 5.75 Å². The minimum Gasteiger partial charge on any atom is -0.497 e. The zero-order valence-corrected chi connectivity index (χ0v) is 45.8. The first kappa shape index (κ1) is 64.5. The van der Waals surface area contributed by atoms with Gasteiger partial charge >= 0.3 is 0 Å². The van der Waals surface area contributed by atoms with Gasteiger partial charge in [0.05, 0.1) is 32.0 Å². The van der Waals surface area contributed by atoms with Gasteiger partial charge in [-0.2, -0.15) is 0 Å². The van der Waals surface area contributed by atoms with Gasteiger partial charge in [0.25, 0.3) is 5.17 Å². The van der Waals surface area contributed by atoms with Gasteiger partial charge in [-0.25, -0.2) is 0 Å². The summed E-state index contributed by atoms with van der Waals surface area (Å²) in [6, 6.07) is 6.47. The van der Waals surface area contributed by atoms with Gasteiger partial charge in [0.15, 0.2) is 6.29 Å². The molecule has 11 nitrogen and oxygen atoms in total. The molecule has 0 aromatic heterocycles. The Hall–Kier alpha value is -1.61. The van der Waals surface area contributed by atoms with Gasteiger partial charge in [0, 0.05) is 5.69 Å². The molecule has 0 saturated carbocycles. The largest absolute Gasteiger partial charge is 0.497 e. The Labute approximate surface area is 433 Å². The van der Waals surface area contributed by atoms with E-state index in [1.54, 1.807) is 31.4 Å². The molecule has 1 aromatic rings. The van der Waals surface area contributed by atoms with Gasteiger partial charge in [0.2, 0.25) is 0 Å². The highest BCUT2D eigenvalue weighted by Gasteiger charge is 2.45. The molecule has 0 unspecified atom stereocenters. The summed E-state index contributed by atoms with van der Waals surface area (Å²) >= 11 is 5.34. The number of anilines is 1. The standard InChI is InChI=1S/C58H108N2O9S/c1-4-6-8-10-12-14-16-18-19-20-21-22-23-24-25-26-27-28-29-31-33-35-37-39-45-59-50(53(62)51(61)40-38-36-34-32-30-17-15-13-11-9-7-5-2)46-67-57-56(65)55(64)54(63)52(69-57)47-68-58(70)60-48-41-43-49(66-3)44-42-48/h41-44,50-57,59,61-65H,4-40,45-47H2,1-3H3,(H,60,70)/t50-,51+,52+,53-,54-,55-,56+,57-/m0/s1. The molecular formula is C58H108N2O9S. The molecule has 0 spiro atoms. The van der Waals surface area contributed by atoms with Crippen LogP contribution in [0.3, 0.4) is 0 Å². The molecule has 1 heterocycles. The van der Waals surface area contributed by atoms with Crippen molar-refractivity contribution < 1.29 is 44.5 Å². The van der Waals surface area contributed by atoms with Gasteiger partial charge < -0.3 is 55.1 Å². The molecule has 410 valence electrons. The van der Waals surface area contributed by atoms with E-state index in [9.17, 15) is 25.5 Å². The third-order valence-electron chi connectivity index (χ3n) is 14.4. The topological polar surface area (TPSA) is 162 Å². The average molecular weight is 1010 g/mol. The zero-order chi connectivity index (χ0) is 50.7. The summed E-state index contributed by atoms with van der Waals surface area (Å²) in [5.41, 5.74) is 0.678. The Morgan fingerprint density at radius 3 is 1.37 bits per heavy atom. The predicted molar refractivity (Wildman–Crippen MR) is 294 cm³/mol. The van der Waals surface area contributed by atoms with E-state index in [1.807, 2.05) is 0 Å². The number of hydrogen-bond donors (Lipinski definition) is 7. The molecule has 0 bridgehead atoms. The number of aliphatic hydroxyl groups excluding tert-OH is 5. The lowest BCUT2D eigenvalue weighted by Gasteiger charge is -2.40. The smallest absolute Gasteiger partial charge is 0.261 e. The second-order valence-corrected chi connectivity index (χ2v) is 21.1. The molecule has 2 rings (SSSR count). The first-order valence-corrected chi connectivity index (χ1v) is 29.6. The van der Waals surface area contributed by atoms with E-state index in [0.717, 1.165) is 38.5 Å². The highest BCUT2D eigenvalue weighted by Crippen LogP contribution is 2.25. The molecule has 1 aromatic carbocycles. The number of nitrogens with one attached hydrogen (secondary N) is 2. The van der Waals surface area contributed by atoms with Crippen LogP contribution in [0.5, 0.6) is 5.75 Å². The fraction of sp³-hybridized carbons (Fsp3) is 0.879. The number of benzene rings is 1. The van der Waals surface area contributed by atoms with Crippen LogP contribution in [0.15, 0.2) is 24.3 Å². The Morgan fingerprint density at radius 2 is 0.957 bits per heavy atom. The van der Waals surface area contributed by atoms with Gasteiger partial charge in [-0.05, 0) is 55.9 Å². The van der Waals surface area contributed by atoms with Crippen molar-refractivity contribution in [2.45, 2.75) is 300 Å². The lowest BCUT2D eigenvalue weighted by molar-refractivity contribution is -0.302. The molecule has 70 heavy (non-hydrogen) atoms. The van der Waals surface area contributed by atoms with Crippen molar-refractivity contribution in [2.24, 2.45) is 0 Å². The Balaban J connectivity index is 1.69. The first-order chi connectivity index (χ1) is 34.2. The molecule has 1 fully saturated rings. The normalized spacial score (nSPS) is 19.5.